The largest absolute Gasteiger partial charge is 0.496 e. The molecule has 2 heterocycles. The van der Waals surface area contributed by atoms with Gasteiger partial charge in [0, 0.05) is 30.2 Å². The number of thioether (sulfide) groups is 1. The maximum absolute atomic E-state index is 12.8. The highest BCUT2D eigenvalue weighted by atomic mass is 32.2. The second-order valence-corrected chi connectivity index (χ2v) is 7.75. The fourth-order valence-corrected chi connectivity index (χ4v) is 4.21. The summed E-state index contributed by atoms with van der Waals surface area (Å²) in [7, 11) is 5.08. The maximum Gasteiger partial charge on any atom is 0.197 e. The molecule has 1 aliphatic heterocycles. The highest BCUT2D eigenvalue weighted by molar-refractivity contribution is 7.99. The number of aliphatic hydroxyl groups excluding tert-OH is 1. The molecule has 0 saturated carbocycles. The Morgan fingerprint density at radius 1 is 1.31 bits per heavy atom. The number of fused-ring (bicyclic) bond motifs is 1. The van der Waals surface area contributed by atoms with Gasteiger partial charge in [-0.25, -0.2) is 0 Å². The summed E-state index contributed by atoms with van der Waals surface area (Å²) in [6, 6.07) is 3.21. The molecular weight excluding hydrogens is 354 g/mol. The molecule has 7 heteroatoms. The van der Waals surface area contributed by atoms with Crippen LogP contribution in [0.5, 0.6) is 11.5 Å². The van der Waals surface area contributed by atoms with Crippen LogP contribution in [0.2, 0.25) is 0 Å². The topological polar surface area (TPSA) is 72.1 Å². The second-order valence-electron chi connectivity index (χ2n) is 6.49. The van der Waals surface area contributed by atoms with Gasteiger partial charge in [0.1, 0.15) is 22.5 Å². The molecule has 3 rings (SSSR count). The predicted molar refractivity (Wildman–Crippen MR) is 103 cm³/mol. The van der Waals surface area contributed by atoms with Gasteiger partial charge in [-0.15, -0.1) is 0 Å². The lowest BCUT2D eigenvalue weighted by atomic mass is 9.85. The molecule has 1 aromatic carbocycles. The summed E-state index contributed by atoms with van der Waals surface area (Å²) in [5, 5.41) is 11.6. The maximum atomic E-state index is 12.8. The zero-order chi connectivity index (χ0) is 18.8. The lowest BCUT2D eigenvalue weighted by Gasteiger charge is -2.34. The van der Waals surface area contributed by atoms with Crippen LogP contribution in [0.1, 0.15) is 24.8 Å². The summed E-state index contributed by atoms with van der Waals surface area (Å²) in [4.78, 5) is 14.8. The molecule has 26 heavy (non-hydrogen) atoms. The van der Waals surface area contributed by atoms with Crippen molar-refractivity contribution < 1.29 is 19.0 Å². The molecule has 1 aromatic heterocycles. The van der Waals surface area contributed by atoms with Crippen LogP contribution < -0.4 is 14.9 Å². The molecule has 2 aromatic rings. The van der Waals surface area contributed by atoms with E-state index >= 15 is 0 Å². The minimum atomic E-state index is -0.563. The average molecular weight is 379 g/mol. The fourth-order valence-electron chi connectivity index (χ4n) is 3.60. The van der Waals surface area contributed by atoms with Gasteiger partial charge in [0.2, 0.25) is 0 Å². The number of nitrogens with zero attached hydrogens (tertiary/aromatic N) is 1. The SMILES string of the molecule is CCSc1cc(=O)c2c(OC)cc(OC)c(C3CCN(C)CC3O)c2o1. The predicted octanol–water partition coefficient (Wildman–Crippen LogP) is 2.70. The van der Waals surface area contributed by atoms with Crippen LogP contribution in [0.15, 0.2) is 26.4 Å². The summed E-state index contributed by atoms with van der Waals surface area (Å²) in [5.74, 6) is 1.62. The van der Waals surface area contributed by atoms with Gasteiger partial charge in [-0.3, -0.25) is 4.79 Å². The number of methoxy groups -OCH3 is 2. The molecule has 0 aliphatic carbocycles. The number of ether oxygens (including phenoxy) is 2. The number of likely N-dealkylation sites (N-methyl/N-ethyl adjacent to an activating group) is 1. The van der Waals surface area contributed by atoms with E-state index in [9.17, 15) is 9.90 Å². The van der Waals surface area contributed by atoms with Gasteiger partial charge in [0.15, 0.2) is 10.5 Å². The molecule has 0 bridgehead atoms. The number of β-amino-alcohol motifs (C(OH)–C–C–N with tert-alkyl or cyclic N) is 1. The van der Waals surface area contributed by atoms with Crippen molar-refractivity contribution in [2.24, 2.45) is 0 Å². The summed E-state index contributed by atoms with van der Waals surface area (Å²) < 4.78 is 17.1. The van der Waals surface area contributed by atoms with Gasteiger partial charge in [-0.2, -0.15) is 0 Å². The third-order valence-electron chi connectivity index (χ3n) is 4.83. The van der Waals surface area contributed by atoms with Crippen molar-refractivity contribution in [2.45, 2.75) is 30.5 Å². The second kappa shape index (κ2) is 7.90. The Morgan fingerprint density at radius 3 is 2.65 bits per heavy atom. The van der Waals surface area contributed by atoms with Crippen LogP contribution in [-0.4, -0.2) is 56.2 Å². The Bertz CT molecular complexity index is 850. The van der Waals surface area contributed by atoms with E-state index in [4.69, 9.17) is 13.9 Å². The highest BCUT2D eigenvalue weighted by Gasteiger charge is 2.33. The highest BCUT2D eigenvalue weighted by Crippen LogP contribution is 2.43. The van der Waals surface area contributed by atoms with Crippen molar-refractivity contribution in [3.63, 3.8) is 0 Å². The van der Waals surface area contributed by atoms with Crippen LogP contribution >= 0.6 is 11.8 Å². The molecule has 2 unspecified atom stereocenters. The van der Waals surface area contributed by atoms with Gasteiger partial charge in [-0.1, -0.05) is 18.7 Å². The number of piperidine rings is 1. The summed E-state index contributed by atoms with van der Waals surface area (Å²) in [6.07, 6.45) is 0.191. The monoisotopic (exact) mass is 379 g/mol. The van der Waals surface area contributed by atoms with Gasteiger partial charge in [0.25, 0.3) is 0 Å². The van der Waals surface area contributed by atoms with Crippen LogP contribution in [0.25, 0.3) is 11.0 Å². The lowest BCUT2D eigenvalue weighted by molar-refractivity contribution is 0.0630. The van der Waals surface area contributed by atoms with Gasteiger partial charge < -0.3 is 23.9 Å². The van der Waals surface area contributed by atoms with E-state index in [-0.39, 0.29) is 11.3 Å². The molecule has 0 radical (unpaired) electrons. The molecule has 1 aliphatic rings. The average Bonchev–Trinajstić information content (AvgIpc) is 2.61. The van der Waals surface area contributed by atoms with Crippen molar-refractivity contribution in [3.05, 3.63) is 27.9 Å². The van der Waals surface area contributed by atoms with Crippen molar-refractivity contribution in [1.82, 2.24) is 4.90 Å². The van der Waals surface area contributed by atoms with E-state index < -0.39 is 6.10 Å². The Balaban J connectivity index is 2.30. The van der Waals surface area contributed by atoms with Gasteiger partial charge >= 0.3 is 0 Å². The van der Waals surface area contributed by atoms with Crippen molar-refractivity contribution in [3.8, 4) is 11.5 Å². The Hall–Kier alpha value is -1.70. The lowest BCUT2D eigenvalue weighted by Crippen LogP contribution is -2.40. The van der Waals surface area contributed by atoms with E-state index in [2.05, 4.69) is 4.90 Å². The number of hydrogen-bond donors (Lipinski definition) is 1. The van der Waals surface area contributed by atoms with E-state index in [1.54, 1.807) is 13.2 Å². The van der Waals surface area contributed by atoms with E-state index in [0.717, 1.165) is 24.3 Å². The zero-order valence-electron chi connectivity index (χ0n) is 15.6. The quantitative estimate of drug-likeness (QED) is 0.801. The number of benzene rings is 1. The number of aliphatic hydroxyl groups is 1. The third kappa shape index (κ3) is 3.43. The number of likely N-dealkylation sites (tertiary alicyclic amines) is 1. The number of hydrogen-bond acceptors (Lipinski definition) is 7. The first kappa shape index (κ1) is 19.1. The first-order chi connectivity index (χ1) is 12.5. The molecule has 2 atom stereocenters. The molecule has 1 saturated heterocycles. The molecule has 1 fully saturated rings. The third-order valence-corrected chi connectivity index (χ3v) is 5.60. The normalized spacial score (nSPS) is 21.1. The van der Waals surface area contributed by atoms with Crippen molar-refractivity contribution in [1.29, 1.82) is 0 Å². The van der Waals surface area contributed by atoms with Crippen molar-refractivity contribution in [2.75, 3.05) is 40.1 Å². The van der Waals surface area contributed by atoms with E-state index in [1.165, 1.54) is 24.9 Å². The van der Waals surface area contributed by atoms with Crippen LogP contribution in [-0.2, 0) is 0 Å². The first-order valence-electron chi connectivity index (χ1n) is 8.72. The van der Waals surface area contributed by atoms with Crippen molar-refractivity contribution >= 4 is 22.7 Å². The molecule has 0 amide bonds. The molecular formula is C19H25NO5S. The minimum Gasteiger partial charge on any atom is -0.496 e. The smallest absolute Gasteiger partial charge is 0.197 e. The molecule has 1 N–H and O–H groups in total. The Morgan fingerprint density at radius 2 is 2.04 bits per heavy atom. The van der Waals surface area contributed by atoms with Gasteiger partial charge in [-0.05, 0) is 25.8 Å². The van der Waals surface area contributed by atoms with Crippen LogP contribution in [0.4, 0.5) is 0 Å². The van der Waals surface area contributed by atoms with Crippen LogP contribution in [0.3, 0.4) is 0 Å². The summed E-state index contributed by atoms with van der Waals surface area (Å²) in [6.45, 7) is 3.42. The first-order valence-corrected chi connectivity index (χ1v) is 9.70. The van der Waals surface area contributed by atoms with E-state index in [1.807, 2.05) is 14.0 Å². The molecule has 142 valence electrons. The van der Waals surface area contributed by atoms with Crippen LogP contribution in [0, 0.1) is 0 Å². The Kier molecular flexibility index (Phi) is 5.79. The standard InChI is InChI=1S/C19H25NO5S/c1-5-26-16-8-12(21)18-15(24-4)9-14(23-3)17(19(18)25-16)11-6-7-20(2)10-13(11)22/h8-9,11,13,22H,5-7,10H2,1-4H3. The van der Waals surface area contributed by atoms with Gasteiger partial charge in [0.05, 0.1) is 20.3 Å². The summed E-state index contributed by atoms with van der Waals surface area (Å²) >= 11 is 1.47. The Labute approximate surface area is 157 Å². The molecule has 6 nitrogen and oxygen atoms in total. The number of rotatable bonds is 5. The minimum absolute atomic E-state index is 0.148. The molecule has 0 spiro atoms. The van der Waals surface area contributed by atoms with E-state index in [0.29, 0.717) is 34.1 Å². The summed E-state index contributed by atoms with van der Waals surface area (Å²) in [5.41, 5.74) is 1.06. The zero-order valence-corrected chi connectivity index (χ0v) is 16.4. The fraction of sp³-hybridized carbons (Fsp3) is 0.526.